The van der Waals surface area contributed by atoms with Gasteiger partial charge in [0.05, 0.1) is 7.11 Å². The number of benzene rings is 1. The summed E-state index contributed by atoms with van der Waals surface area (Å²) in [6, 6.07) is 4.22. The monoisotopic (exact) mass is 224 g/mol. The van der Waals surface area contributed by atoms with E-state index in [4.69, 9.17) is 4.74 Å². The molecule has 1 aliphatic carbocycles. The molecule has 0 heterocycles. The van der Waals surface area contributed by atoms with Gasteiger partial charge in [-0.3, -0.25) is 0 Å². The summed E-state index contributed by atoms with van der Waals surface area (Å²) in [5.41, 5.74) is 0.511. The predicted octanol–water partition coefficient (Wildman–Crippen LogP) is 2.12. The zero-order chi connectivity index (χ0) is 11.5. The lowest BCUT2D eigenvalue weighted by atomic mass is 10.3. The lowest BCUT2D eigenvalue weighted by molar-refractivity contribution is 0.251. The average molecular weight is 224 g/mol. The molecule has 2 amide bonds. The molecule has 4 nitrogen and oxygen atoms in total. The third kappa shape index (κ3) is 2.62. The van der Waals surface area contributed by atoms with Gasteiger partial charge in [-0.15, -0.1) is 0 Å². The third-order valence-corrected chi connectivity index (χ3v) is 2.32. The van der Waals surface area contributed by atoms with Crippen molar-refractivity contribution in [3.8, 4) is 5.75 Å². The zero-order valence-corrected chi connectivity index (χ0v) is 8.92. The van der Waals surface area contributed by atoms with Gasteiger partial charge in [-0.05, 0) is 25.0 Å². The minimum atomic E-state index is -0.448. The molecule has 0 atom stereocenters. The highest BCUT2D eigenvalue weighted by atomic mass is 19.1. The first-order valence-corrected chi connectivity index (χ1v) is 5.10. The van der Waals surface area contributed by atoms with Crippen LogP contribution in [0.5, 0.6) is 5.75 Å². The van der Waals surface area contributed by atoms with Crippen LogP contribution in [0, 0.1) is 5.82 Å². The van der Waals surface area contributed by atoms with Gasteiger partial charge >= 0.3 is 6.03 Å². The van der Waals surface area contributed by atoms with E-state index >= 15 is 0 Å². The predicted molar refractivity (Wildman–Crippen MR) is 58.1 cm³/mol. The molecule has 1 aliphatic rings. The Morgan fingerprint density at radius 3 is 2.88 bits per heavy atom. The molecule has 16 heavy (non-hydrogen) atoms. The van der Waals surface area contributed by atoms with Crippen LogP contribution in [-0.4, -0.2) is 19.2 Å². The second kappa shape index (κ2) is 4.38. The van der Waals surface area contributed by atoms with Crippen molar-refractivity contribution >= 4 is 11.7 Å². The van der Waals surface area contributed by atoms with Crippen LogP contribution in [0.25, 0.3) is 0 Å². The number of methoxy groups -OCH3 is 1. The number of nitrogens with one attached hydrogen (secondary N) is 2. The lowest BCUT2D eigenvalue weighted by Gasteiger charge is -2.08. The highest BCUT2D eigenvalue weighted by Crippen LogP contribution is 2.22. The molecule has 0 spiro atoms. The molecular formula is C11H13FN2O2. The van der Waals surface area contributed by atoms with Crippen LogP contribution in [0.3, 0.4) is 0 Å². The van der Waals surface area contributed by atoms with Crippen molar-refractivity contribution in [3.05, 3.63) is 24.0 Å². The minimum Gasteiger partial charge on any atom is -0.494 e. The van der Waals surface area contributed by atoms with Crippen LogP contribution in [0.2, 0.25) is 0 Å². The van der Waals surface area contributed by atoms with Crippen LogP contribution >= 0.6 is 0 Å². The van der Waals surface area contributed by atoms with Crippen molar-refractivity contribution in [2.24, 2.45) is 0 Å². The fourth-order valence-electron chi connectivity index (χ4n) is 1.32. The van der Waals surface area contributed by atoms with E-state index in [1.54, 1.807) is 0 Å². The Balaban J connectivity index is 1.99. The van der Waals surface area contributed by atoms with Crippen molar-refractivity contribution in [1.82, 2.24) is 5.32 Å². The second-order valence-corrected chi connectivity index (χ2v) is 3.72. The Morgan fingerprint density at radius 2 is 2.25 bits per heavy atom. The average Bonchev–Trinajstić information content (AvgIpc) is 3.04. The molecule has 86 valence electrons. The normalized spacial score (nSPS) is 14.4. The molecule has 0 aromatic heterocycles. The van der Waals surface area contributed by atoms with Crippen molar-refractivity contribution < 1.29 is 13.9 Å². The van der Waals surface area contributed by atoms with Crippen LogP contribution in [0.4, 0.5) is 14.9 Å². The standard InChI is InChI=1S/C11H13FN2O2/c1-16-10-6-8(4-5-9(10)12)14-11(15)13-7-2-3-7/h4-7H,2-3H2,1H3,(H2,13,14,15). The number of anilines is 1. The van der Waals surface area contributed by atoms with E-state index in [1.165, 1.54) is 25.3 Å². The minimum absolute atomic E-state index is 0.115. The number of carbonyl (C=O) groups is 1. The molecule has 1 aromatic carbocycles. The number of urea groups is 1. The fraction of sp³-hybridized carbons (Fsp3) is 0.364. The molecule has 5 heteroatoms. The summed E-state index contributed by atoms with van der Waals surface area (Å²) in [6.07, 6.45) is 2.06. The van der Waals surface area contributed by atoms with Crippen molar-refractivity contribution in [2.75, 3.05) is 12.4 Å². The van der Waals surface area contributed by atoms with Gasteiger partial charge in [0.2, 0.25) is 0 Å². The molecule has 0 radical (unpaired) electrons. The first kappa shape index (κ1) is 10.7. The second-order valence-electron chi connectivity index (χ2n) is 3.72. The van der Waals surface area contributed by atoms with Gasteiger partial charge in [0, 0.05) is 17.8 Å². The molecule has 0 saturated heterocycles. The maximum Gasteiger partial charge on any atom is 0.319 e. The number of carbonyl (C=O) groups excluding carboxylic acids is 1. The molecule has 1 saturated carbocycles. The third-order valence-electron chi connectivity index (χ3n) is 2.32. The van der Waals surface area contributed by atoms with Gasteiger partial charge in [-0.1, -0.05) is 0 Å². The summed E-state index contributed by atoms with van der Waals surface area (Å²) in [6.45, 7) is 0. The summed E-state index contributed by atoms with van der Waals surface area (Å²) in [4.78, 5) is 11.4. The highest BCUT2D eigenvalue weighted by Gasteiger charge is 2.23. The fourth-order valence-corrected chi connectivity index (χ4v) is 1.32. The number of hydrogen-bond acceptors (Lipinski definition) is 2. The van der Waals surface area contributed by atoms with E-state index in [-0.39, 0.29) is 11.8 Å². The van der Waals surface area contributed by atoms with Crippen LogP contribution < -0.4 is 15.4 Å². The van der Waals surface area contributed by atoms with Crippen LogP contribution in [0.15, 0.2) is 18.2 Å². The van der Waals surface area contributed by atoms with Gasteiger partial charge in [-0.25, -0.2) is 9.18 Å². The van der Waals surface area contributed by atoms with Crippen molar-refractivity contribution in [3.63, 3.8) is 0 Å². The van der Waals surface area contributed by atoms with E-state index in [2.05, 4.69) is 10.6 Å². The van der Waals surface area contributed by atoms with E-state index in [0.29, 0.717) is 11.7 Å². The van der Waals surface area contributed by atoms with Crippen molar-refractivity contribution in [1.29, 1.82) is 0 Å². The molecule has 0 bridgehead atoms. The first-order valence-electron chi connectivity index (χ1n) is 5.10. The van der Waals surface area contributed by atoms with E-state index in [0.717, 1.165) is 12.8 Å². The summed E-state index contributed by atoms with van der Waals surface area (Å²) in [5, 5.41) is 5.39. The van der Waals surface area contributed by atoms with Gasteiger partial charge in [0.15, 0.2) is 11.6 Å². The Kier molecular flexibility index (Phi) is 2.94. The molecule has 1 fully saturated rings. The Morgan fingerprint density at radius 1 is 1.50 bits per heavy atom. The van der Waals surface area contributed by atoms with Gasteiger partial charge in [0.25, 0.3) is 0 Å². The largest absolute Gasteiger partial charge is 0.494 e. The smallest absolute Gasteiger partial charge is 0.319 e. The van der Waals surface area contributed by atoms with E-state index in [9.17, 15) is 9.18 Å². The molecule has 0 unspecified atom stereocenters. The van der Waals surface area contributed by atoms with E-state index < -0.39 is 5.82 Å². The number of amides is 2. The maximum absolute atomic E-state index is 13.1. The summed E-state index contributed by atoms with van der Waals surface area (Å²) in [7, 11) is 1.38. The lowest BCUT2D eigenvalue weighted by Crippen LogP contribution is -2.30. The highest BCUT2D eigenvalue weighted by molar-refractivity contribution is 5.89. The number of rotatable bonds is 3. The molecule has 0 aliphatic heterocycles. The summed E-state index contributed by atoms with van der Waals surface area (Å²) >= 11 is 0. The van der Waals surface area contributed by atoms with Gasteiger partial charge in [0.1, 0.15) is 0 Å². The SMILES string of the molecule is COc1cc(NC(=O)NC2CC2)ccc1F. The Bertz CT molecular complexity index is 405. The van der Waals surface area contributed by atoms with E-state index in [1.807, 2.05) is 0 Å². The molecular weight excluding hydrogens is 211 g/mol. The Hall–Kier alpha value is -1.78. The van der Waals surface area contributed by atoms with Crippen LogP contribution in [0.1, 0.15) is 12.8 Å². The summed E-state index contributed by atoms with van der Waals surface area (Å²) < 4.78 is 17.9. The molecule has 2 rings (SSSR count). The van der Waals surface area contributed by atoms with Gasteiger partial charge in [-0.2, -0.15) is 0 Å². The van der Waals surface area contributed by atoms with Crippen molar-refractivity contribution in [2.45, 2.75) is 18.9 Å². The number of halogens is 1. The first-order chi connectivity index (χ1) is 7.69. The van der Waals surface area contributed by atoms with Crippen LogP contribution in [-0.2, 0) is 0 Å². The Labute approximate surface area is 92.8 Å². The van der Waals surface area contributed by atoms with Gasteiger partial charge < -0.3 is 15.4 Å². The topological polar surface area (TPSA) is 50.4 Å². The zero-order valence-electron chi connectivity index (χ0n) is 8.92. The molecule has 1 aromatic rings. The number of ether oxygens (including phenoxy) is 1. The molecule has 2 N–H and O–H groups in total. The number of hydrogen-bond donors (Lipinski definition) is 2. The quantitative estimate of drug-likeness (QED) is 0.826. The maximum atomic E-state index is 13.1. The summed E-state index contributed by atoms with van der Waals surface area (Å²) in [5.74, 6) is -0.333.